The number of pyridine rings is 1. The van der Waals surface area contributed by atoms with Crippen LogP contribution in [0.3, 0.4) is 0 Å². The summed E-state index contributed by atoms with van der Waals surface area (Å²) >= 11 is 0. The monoisotopic (exact) mass is 260 g/mol. The number of carboxylic acids is 1. The molecule has 0 radical (unpaired) electrons. The molecule has 5 nitrogen and oxygen atoms in total. The number of carbonyl (C=O) groups is 1. The van der Waals surface area contributed by atoms with E-state index in [0.29, 0.717) is 5.76 Å². The lowest BCUT2D eigenvalue weighted by Crippen LogP contribution is -2.21. The van der Waals surface area contributed by atoms with Crippen LogP contribution in [0.15, 0.2) is 40.9 Å². The summed E-state index contributed by atoms with van der Waals surface area (Å²) in [6.45, 7) is 2.68. The number of furan rings is 1. The highest BCUT2D eigenvalue weighted by Crippen LogP contribution is 2.16. The molecule has 1 atom stereocenters. The van der Waals surface area contributed by atoms with Crippen LogP contribution in [-0.4, -0.2) is 22.6 Å². The number of carboxylic acid groups (broad SMARTS) is 1. The van der Waals surface area contributed by atoms with Gasteiger partial charge in [-0.15, -0.1) is 0 Å². The SMILES string of the molecule is CC(NCCc1ccccn1)c1ccc(C(=O)O)o1. The van der Waals surface area contributed by atoms with Gasteiger partial charge in [0, 0.05) is 24.9 Å². The minimum Gasteiger partial charge on any atom is -0.475 e. The average molecular weight is 260 g/mol. The Labute approximate surface area is 111 Å². The highest BCUT2D eigenvalue weighted by Gasteiger charge is 2.13. The summed E-state index contributed by atoms with van der Waals surface area (Å²) in [5, 5.41) is 12.1. The average Bonchev–Trinajstić information content (AvgIpc) is 2.89. The van der Waals surface area contributed by atoms with Crippen LogP contribution in [0.4, 0.5) is 0 Å². The first-order valence-corrected chi connectivity index (χ1v) is 6.13. The highest BCUT2D eigenvalue weighted by atomic mass is 16.4. The van der Waals surface area contributed by atoms with Crippen molar-refractivity contribution in [1.29, 1.82) is 0 Å². The molecule has 0 bridgehead atoms. The van der Waals surface area contributed by atoms with Crippen LogP contribution < -0.4 is 5.32 Å². The molecule has 0 spiro atoms. The molecule has 2 N–H and O–H groups in total. The molecule has 2 aromatic heterocycles. The van der Waals surface area contributed by atoms with Crippen molar-refractivity contribution in [2.75, 3.05) is 6.54 Å². The molecule has 5 heteroatoms. The van der Waals surface area contributed by atoms with Crippen molar-refractivity contribution in [1.82, 2.24) is 10.3 Å². The molecular weight excluding hydrogens is 244 g/mol. The van der Waals surface area contributed by atoms with Gasteiger partial charge in [0.05, 0.1) is 6.04 Å². The van der Waals surface area contributed by atoms with Gasteiger partial charge in [-0.2, -0.15) is 0 Å². The maximum absolute atomic E-state index is 10.7. The predicted molar refractivity (Wildman–Crippen MR) is 70.0 cm³/mol. The van der Waals surface area contributed by atoms with Crippen molar-refractivity contribution in [3.8, 4) is 0 Å². The third kappa shape index (κ3) is 3.66. The molecule has 0 amide bonds. The van der Waals surface area contributed by atoms with Gasteiger partial charge in [0.2, 0.25) is 5.76 Å². The zero-order chi connectivity index (χ0) is 13.7. The normalized spacial score (nSPS) is 12.3. The van der Waals surface area contributed by atoms with Crippen LogP contribution in [0.1, 0.15) is 35.0 Å². The molecule has 1 unspecified atom stereocenters. The van der Waals surface area contributed by atoms with E-state index in [1.165, 1.54) is 6.07 Å². The van der Waals surface area contributed by atoms with E-state index in [2.05, 4.69) is 10.3 Å². The number of hydrogen-bond acceptors (Lipinski definition) is 4. The summed E-state index contributed by atoms with van der Waals surface area (Å²) in [6, 6.07) is 8.93. The van der Waals surface area contributed by atoms with E-state index in [9.17, 15) is 4.79 Å². The van der Waals surface area contributed by atoms with Crippen LogP contribution in [0.25, 0.3) is 0 Å². The summed E-state index contributed by atoms with van der Waals surface area (Å²) in [5.41, 5.74) is 1.02. The van der Waals surface area contributed by atoms with Crippen LogP contribution in [-0.2, 0) is 6.42 Å². The van der Waals surface area contributed by atoms with Gasteiger partial charge in [-0.3, -0.25) is 4.98 Å². The molecule has 2 aromatic rings. The highest BCUT2D eigenvalue weighted by molar-refractivity contribution is 5.84. The van der Waals surface area contributed by atoms with E-state index >= 15 is 0 Å². The first-order chi connectivity index (χ1) is 9.16. The van der Waals surface area contributed by atoms with Gasteiger partial charge in [-0.1, -0.05) is 6.07 Å². The Morgan fingerprint density at radius 3 is 2.89 bits per heavy atom. The fourth-order valence-corrected chi connectivity index (χ4v) is 1.76. The lowest BCUT2D eigenvalue weighted by atomic mass is 10.2. The Morgan fingerprint density at radius 1 is 1.42 bits per heavy atom. The Morgan fingerprint density at radius 2 is 2.26 bits per heavy atom. The molecule has 0 saturated carbocycles. The first-order valence-electron chi connectivity index (χ1n) is 6.13. The lowest BCUT2D eigenvalue weighted by Gasteiger charge is -2.10. The van der Waals surface area contributed by atoms with E-state index in [-0.39, 0.29) is 11.8 Å². The second-order valence-electron chi connectivity index (χ2n) is 4.25. The summed E-state index contributed by atoms with van der Waals surface area (Å²) < 4.78 is 5.23. The molecule has 0 aliphatic carbocycles. The second-order valence-corrected chi connectivity index (χ2v) is 4.25. The van der Waals surface area contributed by atoms with E-state index < -0.39 is 5.97 Å². The van der Waals surface area contributed by atoms with Crippen molar-refractivity contribution in [2.45, 2.75) is 19.4 Å². The predicted octanol–water partition coefficient (Wildman–Crippen LogP) is 2.27. The van der Waals surface area contributed by atoms with Crippen molar-refractivity contribution >= 4 is 5.97 Å². The molecule has 100 valence electrons. The standard InChI is InChI=1S/C14H16N2O3/c1-10(12-5-6-13(19-12)14(17)18)15-9-7-11-4-2-3-8-16-11/h2-6,8,10,15H,7,9H2,1H3,(H,17,18). The Hall–Kier alpha value is -2.14. The molecule has 19 heavy (non-hydrogen) atoms. The Bertz CT molecular complexity index is 537. The number of nitrogens with zero attached hydrogens (tertiary/aromatic N) is 1. The quantitative estimate of drug-likeness (QED) is 0.833. The molecule has 0 aliphatic rings. The van der Waals surface area contributed by atoms with Crippen LogP contribution >= 0.6 is 0 Å². The number of aromatic carboxylic acids is 1. The van der Waals surface area contributed by atoms with Crippen LogP contribution in [0.2, 0.25) is 0 Å². The van der Waals surface area contributed by atoms with Crippen molar-refractivity contribution in [3.05, 3.63) is 53.7 Å². The zero-order valence-electron chi connectivity index (χ0n) is 10.7. The first kappa shape index (κ1) is 13.3. The van der Waals surface area contributed by atoms with Gasteiger partial charge in [-0.05, 0) is 31.2 Å². The summed E-state index contributed by atoms with van der Waals surface area (Å²) in [7, 11) is 0. The number of nitrogens with one attached hydrogen (secondary N) is 1. The van der Waals surface area contributed by atoms with Crippen molar-refractivity contribution < 1.29 is 14.3 Å². The molecule has 0 saturated heterocycles. The fourth-order valence-electron chi connectivity index (χ4n) is 1.76. The van der Waals surface area contributed by atoms with Gasteiger partial charge in [0.1, 0.15) is 5.76 Å². The van der Waals surface area contributed by atoms with Gasteiger partial charge in [-0.25, -0.2) is 4.79 Å². The zero-order valence-corrected chi connectivity index (χ0v) is 10.7. The minimum atomic E-state index is -1.05. The summed E-state index contributed by atoms with van der Waals surface area (Å²) in [4.78, 5) is 14.9. The maximum Gasteiger partial charge on any atom is 0.371 e. The van der Waals surface area contributed by atoms with Gasteiger partial charge in [0.15, 0.2) is 0 Å². The van der Waals surface area contributed by atoms with Crippen molar-refractivity contribution in [2.24, 2.45) is 0 Å². The second kappa shape index (κ2) is 6.15. The largest absolute Gasteiger partial charge is 0.475 e. The van der Waals surface area contributed by atoms with Gasteiger partial charge >= 0.3 is 5.97 Å². The van der Waals surface area contributed by atoms with Crippen LogP contribution in [0, 0.1) is 0 Å². The van der Waals surface area contributed by atoms with E-state index in [1.807, 2.05) is 25.1 Å². The van der Waals surface area contributed by atoms with Gasteiger partial charge < -0.3 is 14.8 Å². The van der Waals surface area contributed by atoms with E-state index in [1.54, 1.807) is 12.3 Å². The molecule has 2 rings (SSSR count). The Balaban J connectivity index is 1.83. The van der Waals surface area contributed by atoms with Crippen LogP contribution in [0.5, 0.6) is 0 Å². The lowest BCUT2D eigenvalue weighted by molar-refractivity contribution is 0.0659. The summed E-state index contributed by atoms with van der Waals surface area (Å²) in [6.07, 6.45) is 2.59. The molecular formula is C14H16N2O3. The topological polar surface area (TPSA) is 75.4 Å². The third-order valence-corrected chi connectivity index (χ3v) is 2.82. The summed E-state index contributed by atoms with van der Waals surface area (Å²) in [5.74, 6) is -0.460. The molecule has 2 heterocycles. The Kier molecular flexibility index (Phi) is 4.30. The van der Waals surface area contributed by atoms with E-state index in [4.69, 9.17) is 9.52 Å². The number of rotatable bonds is 6. The smallest absolute Gasteiger partial charge is 0.371 e. The third-order valence-electron chi connectivity index (χ3n) is 2.82. The fraction of sp³-hybridized carbons (Fsp3) is 0.286. The number of hydrogen-bond donors (Lipinski definition) is 2. The van der Waals surface area contributed by atoms with E-state index in [0.717, 1.165) is 18.7 Å². The maximum atomic E-state index is 10.7. The van der Waals surface area contributed by atoms with Gasteiger partial charge in [0.25, 0.3) is 0 Å². The molecule has 0 aromatic carbocycles. The minimum absolute atomic E-state index is 0.0307. The number of aromatic nitrogens is 1. The van der Waals surface area contributed by atoms with Crippen molar-refractivity contribution in [3.63, 3.8) is 0 Å². The molecule has 0 fully saturated rings. The molecule has 0 aliphatic heterocycles.